The van der Waals surface area contributed by atoms with Crippen LogP contribution in [0.25, 0.3) is 0 Å². The number of rotatable bonds is 2. The zero-order valence-electron chi connectivity index (χ0n) is 6.92. The largest absolute Gasteiger partial charge is 0.389 e. The van der Waals surface area contributed by atoms with Gasteiger partial charge in [0, 0.05) is 11.0 Å². The van der Waals surface area contributed by atoms with E-state index in [9.17, 15) is 5.11 Å². The van der Waals surface area contributed by atoms with Crippen LogP contribution in [0.4, 0.5) is 0 Å². The van der Waals surface area contributed by atoms with Crippen molar-refractivity contribution in [2.75, 3.05) is 0 Å². The van der Waals surface area contributed by atoms with Crippen LogP contribution in [0.3, 0.4) is 0 Å². The molecule has 0 saturated carbocycles. The minimum Gasteiger partial charge on any atom is -0.389 e. The molecule has 0 unspecified atom stereocenters. The first kappa shape index (κ1) is 9.71. The van der Waals surface area contributed by atoms with Crippen molar-refractivity contribution in [1.29, 1.82) is 0 Å². The summed E-state index contributed by atoms with van der Waals surface area (Å²) in [7, 11) is 0. The van der Waals surface area contributed by atoms with Gasteiger partial charge in [0.1, 0.15) is 0 Å². The second-order valence-electron chi connectivity index (χ2n) is 2.70. The first-order valence-corrected chi connectivity index (χ1v) is 4.61. The highest BCUT2D eigenvalue weighted by atomic mass is 79.9. The fraction of sp³-hybridized carbons (Fsp3) is 0.333. The van der Waals surface area contributed by atoms with Gasteiger partial charge in [-0.2, -0.15) is 0 Å². The smallest absolute Gasteiger partial charge is 0.0772 e. The van der Waals surface area contributed by atoms with Crippen molar-refractivity contribution in [3.8, 4) is 0 Å². The molecule has 1 aromatic rings. The van der Waals surface area contributed by atoms with Crippen LogP contribution in [0.1, 0.15) is 24.2 Å². The van der Waals surface area contributed by atoms with Gasteiger partial charge < -0.3 is 10.8 Å². The van der Waals surface area contributed by atoms with Crippen molar-refractivity contribution in [2.45, 2.75) is 19.6 Å². The third-order valence-electron chi connectivity index (χ3n) is 1.78. The van der Waals surface area contributed by atoms with Gasteiger partial charge in [0.05, 0.1) is 6.10 Å². The minimum absolute atomic E-state index is 0.453. The number of aliphatic hydroxyl groups excluding tert-OH is 1. The van der Waals surface area contributed by atoms with Crippen LogP contribution in [-0.2, 0) is 6.54 Å². The van der Waals surface area contributed by atoms with Crippen LogP contribution in [0, 0.1) is 0 Å². The third kappa shape index (κ3) is 1.86. The molecular formula is C9H12BrNO. The summed E-state index contributed by atoms with van der Waals surface area (Å²) in [4.78, 5) is 0. The molecular weight excluding hydrogens is 218 g/mol. The van der Waals surface area contributed by atoms with E-state index in [0.29, 0.717) is 6.54 Å². The Labute approximate surface area is 80.5 Å². The monoisotopic (exact) mass is 229 g/mol. The van der Waals surface area contributed by atoms with Gasteiger partial charge in [-0.15, -0.1) is 0 Å². The highest BCUT2D eigenvalue weighted by Crippen LogP contribution is 2.26. The van der Waals surface area contributed by atoms with Gasteiger partial charge in [-0.05, 0) is 18.1 Å². The highest BCUT2D eigenvalue weighted by molar-refractivity contribution is 9.10. The lowest BCUT2D eigenvalue weighted by Crippen LogP contribution is -2.01. The van der Waals surface area contributed by atoms with E-state index in [1.54, 1.807) is 6.92 Å². The standard InChI is InChI=1S/C9H12BrNO/c1-6(12)8-4-2-3-7(5-11)9(8)10/h2-4,6,12H,5,11H2,1H3/t6-/m1/s1. The number of halogens is 1. The summed E-state index contributed by atoms with van der Waals surface area (Å²) in [5.41, 5.74) is 7.42. The molecule has 0 aliphatic heterocycles. The van der Waals surface area contributed by atoms with Crippen molar-refractivity contribution < 1.29 is 5.11 Å². The lowest BCUT2D eigenvalue weighted by atomic mass is 10.1. The Bertz CT molecular complexity index is 273. The van der Waals surface area contributed by atoms with Gasteiger partial charge in [-0.3, -0.25) is 0 Å². The molecule has 0 bridgehead atoms. The maximum absolute atomic E-state index is 9.35. The number of nitrogens with two attached hydrogens (primary N) is 1. The third-order valence-corrected chi connectivity index (χ3v) is 2.75. The summed E-state index contributed by atoms with van der Waals surface area (Å²) in [6.45, 7) is 2.22. The van der Waals surface area contributed by atoms with Crippen LogP contribution in [0.5, 0.6) is 0 Å². The molecule has 66 valence electrons. The van der Waals surface area contributed by atoms with Gasteiger partial charge in [0.25, 0.3) is 0 Å². The van der Waals surface area contributed by atoms with Gasteiger partial charge in [-0.25, -0.2) is 0 Å². The van der Waals surface area contributed by atoms with E-state index < -0.39 is 6.10 Å². The first-order chi connectivity index (χ1) is 5.66. The molecule has 0 aliphatic carbocycles. The Hall–Kier alpha value is -0.380. The maximum Gasteiger partial charge on any atom is 0.0772 e. The minimum atomic E-state index is -0.453. The molecule has 0 saturated heterocycles. The van der Waals surface area contributed by atoms with Crippen LogP contribution in [0.2, 0.25) is 0 Å². The van der Waals surface area contributed by atoms with Crippen molar-refractivity contribution >= 4 is 15.9 Å². The van der Waals surface area contributed by atoms with E-state index in [1.165, 1.54) is 0 Å². The summed E-state index contributed by atoms with van der Waals surface area (Å²) in [6.07, 6.45) is -0.453. The molecule has 0 aromatic heterocycles. The van der Waals surface area contributed by atoms with E-state index in [0.717, 1.165) is 15.6 Å². The fourth-order valence-corrected chi connectivity index (χ4v) is 1.84. The van der Waals surface area contributed by atoms with Crippen molar-refractivity contribution in [3.63, 3.8) is 0 Å². The molecule has 1 atom stereocenters. The molecule has 0 fully saturated rings. The van der Waals surface area contributed by atoms with Gasteiger partial charge >= 0.3 is 0 Å². The molecule has 0 amide bonds. The normalized spacial score (nSPS) is 13.0. The van der Waals surface area contributed by atoms with E-state index in [-0.39, 0.29) is 0 Å². The molecule has 1 rings (SSSR count). The predicted molar refractivity (Wildman–Crippen MR) is 52.7 cm³/mol. The Morgan fingerprint density at radius 1 is 1.58 bits per heavy atom. The van der Waals surface area contributed by atoms with Crippen molar-refractivity contribution in [1.82, 2.24) is 0 Å². The molecule has 12 heavy (non-hydrogen) atoms. The summed E-state index contributed by atoms with van der Waals surface area (Å²) in [6, 6.07) is 5.72. The topological polar surface area (TPSA) is 46.2 Å². The van der Waals surface area contributed by atoms with Crippen LogP contribution in [-0.4, -0.2) is 5.11 Å². The van der Waals surface area contributed by atoms with Crippen LogP contribution in [0.15, 0.2) is 22.7 Å². The molecule has 3 heteroatoms. The number of hydrogen-bond acceptors (Lipinski definition) is 2. The van der Waals surface area contributed by atoms with Gasteiger partial charge in [-0.1, -0.05) is 34.1 Å². The Kier molecular flexibility index (Phi) is 3.26. The average molecular weight is 230 g/mol. The fourth-order valence-electron chi connectivity index (χ4n) is 1.08. The quantitative estimate of drug-likeness (QED) is 0.815. The number of benzene rings is 1. The summed E-state index contributed by atoms with van der Waals surface area (Å²) in [5.74, 6) is 0. The predicted octanol–water partition coefficient (Wildman–Crippen LogP) is 1.96. The Morgan fingerprint density at radius 3 is 2.75 bits per heavy atom. The number of aliphatic hydroxyl groups is 1. The lowest BCUT2D eigenvalue weighted by Gasteiger charge is -2.10. The molecule has 2 nitrogen and oxygen atoms in total. The van der Waals surface area contributed by atoms with Gasteiger partial charge in [0.2, 0.25) is 0 Å². The van der Waals surface area contributed by atoms with Crippen molar-refractivity contribution in [3.05, 3.63) is 33.8 Å². The SMILES string of the molecule is C[C@@H](O)c1cccc(CN)c1Br. The zero-order valence-corrected chi connectivity index (χ0v) is 8.51. The number of hydrogen-bond donors (Lipinski definition) is 2. The van der Waals surface area contributed by atoms with Crippen LogP contribution < -0.4 is 5.73 Å². The maximum atomic E-state index is 9.35. The van der Waals surface area contributed by atoms with E-state index in [1.807, 2.05) is 18.2 Å². The van der Waals surface area contributed by atoms with Crippen LogP contribution >= 0.6 is 15.9 Å². The molecule has 0 spiro atoms. The molecule has 3 N–H and O–H groups in total. The molecule has 0 aliphatic rings. The second kappa shape index (κ2) is 4.03. The van der Waals surface area contributed by atoms with E-state index in [4.69, 9.17) is 5.73 Å². The molecule has 0 heterocycles. The first-order valence-electron chi connectivity index (χ1n) is 3.82. The second-order valence-corrected chi connectivity index (χ2v) is 3.49. The average Bonchev–Trinajstić information content (AvgIpc) is 2.04. The van der Waals surface area contributed by atoms with Crippen molar-refractivity contribution in [2.24, 2.45) is 5.73 Å². The summed E-state index contributed by atoms with van der Waals surface area (Å²) < 4.78 is 0.919. The molecule has 0 radical (unpaired) electrons. The lowest BCUT2D eigenvalue weighted by molar-refractivity contribution is 0.198. The van der Waals surface area contributed by atoms with E-state index >= 15 is 0 Å². The Morgan fingerprint density at radius 2 is 2.25 bits per heavy atom. The van der Waals surface area contributed by atoms with Gasteiger partial charge in [0.15, 0.2) is 0 Å². The Balaban J connectivity index is 3.14. The highest BCUT2D eigenvalue weighted by Gasteiger charge is 2.07. The zero-order chi connectivity index (χ0) is 9.14. The molecule has 1 aromatic carbocycles. The summed E-state index contributed by atoms with van der Waals surface area (Å²) >= 11 is 3.40. The van der Waals surface area contributed by atoms with E-state index in [2.05, 4.69) is 15.9 Å². The summed E-state index contributed by atoms with van der Waals surface area (Å²) in [5, 5.41) is 9.35.